The molecule has 2 aromatic heterocycles. The number of carbonyl (C=O) groups is 3. The number of aldehydes is 1. The summed E-state index contributed by atoms with van der Waals surface area (Å²) in [6.07, 6.45) is 5.34. The van der Waals surface area contributed by atoms with E-state index in [0.717, 1.165) is 37.0 Å². The maximum absolute atomic E-state index is 13.1. The van der Waals surface area contributed by atoms with Crippen LogP contribution in [0.25, 0.3) is 0 Å². The number of halogens is 4. The molecule has 4 heterocycles. The molecule has 306 valence electrons. The van der Waals surface area contributed by atoms with Gasteiger partial charge in [0.15, 0.2) is 17.9 Å². The van der Waals surface area contributed by atoms with E-state index in [1.807, 2.05) is 11.0 Å². The van der Waals surface area contributed by atoms with Crippen molar-refractivity contribution in [1.29, 1.82) is 0 Å². The largest absolute Gasteiger partial charge is 0.471 e. The van der Waals surface area contributed by atoms with Crippen LogP contribution >= 0.6 is 23.2 Å². The van der Waals surface area contributed by atoms with E-state index in [4.69, 9.17) is 32.7 Å². The third-order valence-corrected chi connectivity index (χ3v) is 10.7. The normalized spacial score (nSPS) is 15.9. The summed E-state index contributed by atoms with van der Waals surface area (Å²) in [7, 11) is 0. The summed E-state index contributed by atoms with van der Waals surface area (Å²) < 4.78 is 38.1. The van der Waals surface area contributed by atoms with Gasteiger partial charge in [-0.25, -0.2) is 18.7 Å². The van der Waals surface area contributed by atoms with Crippen LogP contribution in [-0.2, 0) is 6.61 Å². The Morgan fingerprint density at radius 1 is 0.667 bits per heavy atom. The van der Waals surface area contributed by atoms with Gasteiger partial charge in [-0.3, -0.25) is 14.4 Å². The lowest BCUT2D eigenvalue weighted by Gasteiger charge is -2.22. The van der Waals surface area contributed by atoms with E-state index in [0.29, 0.717) is 74.8 Å². The molecule has 0 spiro atoms. The second-order valence-corrected chi connectivity index (χ2v) is 14.9. The monoisotopic (exact) mass is 850 g/mol. The van der Waals surface area contributed by atoms with Gasteiger partial charge in [0.05, 0.1) is 19.7 Å². The van der Waals surface area contributed by atoms with E-state index in [2.05, 4.69) is 14.9 Å². The minimum atomic E-state index is -0.409. The maximum atomic E-state index is 13.1. The van der Waals surface area contributed by atoms with E-state index >= 15 is 0 Å². The van der Waals surface area contributed by atoms with Gasteiger partial charge < -0.3 is 24.4 Å². The Kier molecular flexibility index (Phi) is 13.4. The molecule has 8 rings (SSSR count). The second kappa shape index (κ2) is 19.2. The molecule has 0 amide bonds. The summed E-state index contributed by atoms with van der Waals surface area (Å²) in [6.45, 7) is 2.42. The lowest BCUT2D eigenvalue weighted by Crippen LogP contribution is -2.25. The Morgan fingerprint density at radius 2 is 1.12 bits per heavy atom. The van der Waals surface area contributed by atoms with Crippen LogP contribution in [0.3, 0.4) is 0 Å². The van der Waals surface area contributed by atoms with E-state index in [9.17, 15) is 28.3 Å². The Hall–Kier alpha value is -6.21. The number of pyridine rings is 2. The number of aliphatic hydroxyl groups is 1. The Balaban J connectivity index is 0.000000181. The first kappa shape index (κ1) is 41.9. The molecule has 10 nitrogen and oxygen atoms in total. The van der Waals surface area contributed by atoms with Gasteiger partial charge >= 0.3 is 0 Å². The van der Waals surface area contributed by atoms with Crippen molar-refractivity contribution in [3.05, 3.63) is 177 Å². The van der Waals surface area contributed by atoms with Crippen molar-refractivity contribution in [3.63, 3.8) is 0 Å². The fourth-order valence-electron chi connectivity index (χ4n) is 7.09. The number of ether oxygens (including phenoxy) is 2. The number of aromatic nitrogens is 2. The quantitative estimate of drug-likeness (QED) is 0.0945. The number of anilines is 2. The molecule has 2 saturated heterocycles. The molecule has 60 heavy (non-hydrogen) atoms. The van der Waals surface area contributed by atoms with Crippen molar-refractivity contribution in [1.82, 2.24) is 9.97 Å². The van der Waals surface area contributed by atoms with Crippen LogP contribution < -0.4 is 19.3 Å². The zero-order chi connectivity index (χ0) is 42.2. The summed E-state index contributed by atoms with van der Waals surface area (Å²) in [6, 6.07) is 27.9. The van der Waals surface area contributed by atoms with Gasteiger partial charge in [0.25, 0.3) is 0 Å². The fourth-order valence-corrected chi connectivity index (χ4v) is 7.43. The summed E-state index contributed by atoms with van der Waals surface area (Å²) in [5, 5.41) is 10.8. The van der Waals surface area contributed by atoms with E-state index in [-0.39, 0.29) is 30.4 Å². The van der Waals surface area contributed by atoms with Gasteiger partial charge in [0.2, 0.25) is 11.8 Å². The number of ketones is 2. The summed E-state index contributed by atoms with van der Waals surface area (Å²) in [4.78, 5) is 49.5. The number of nitrogens with zero attached hydrogens (tertiary/aromatic N) is 4. The third-order valence-electron chi connectivity index (χ3n) is 10.1. The topological polar surface area (TPSA) is 122 Å². The Labute approximate surface area is 354 Å². The van der Waals surface area contributed by atoms with E-state index in [1.54, 1.807) is 67.0 Å². The number of aliphatic hydroxyl groups excluding tert-OH is 1. The van der Waals surface area contributed by atoms with Crippen molar-refractivity contribution in [2.45, 2.75) is 31.7 Å². The Bertz CT molecular complexity index is 2490. The molecule has 2 aliphatic heterocycles. The molecule has 0 aliphatic carbocycles. The van der Waals surface area contributed by atoms with E-state index < -0.39 is 11.6 Å². The molecule has 2 fully saturated rings. The van der Waals surface area contributed by atoms with Crippen LogP contribution in [0.15, 0.2) is 122 Å². The van der Waals surface area contributed by atoms with Crippen LogP contribution in [0.4, 0.5) is 20.2 Å². The third kappa shape index (κ3) is 9.96. The lowest BCUT2D eigenvalue weighted by atomic mass is 10.00. The summed E-state index contributed by atoms with van der Waals surface area (Å²) in [5.41, 5.74) is 4.24. The molecule has 0 radical (unpaired) electrons. The standard InChI is InChI=1S/C23H20ClFN2O3.C23H18ClFN2O3/c2*24-20-2-1-10-26-23(20)30-19-9-11-27(13-19)21-8-5-16(12-17(21)14-28)22(29)15-3-6-18(25)7-4-15/h1-8,10,12,19,28H,9,11,13-14H2;1-8,10,12,14,19H,9,11,13H2/t2*19-/m00/s1. The van der Waals surface area contributed by atoms with Crippen LogP contribution in [0.1, 0.15) is 60.6 Å². The van der Waals surface area contributed by atoms with Gasteiger partial charge in [0.1, 0.15) is 33.9 Å². The summed E-state index contributed by atoms with van der Waals surface area (Å²) >= 11 is 12.2. The van der Waals surface area contributed by atoms with Crippen LogP contribution in [0.2, 0.25) is 10.0 Å². The van der Waals surface area contributed by atoms with E-state index in [1.165, 1.54) is 48.5 Å². The van der Waals surface area contributed by atoms with Crippen LogP contribution in [-0.4, -0.2) is 71.3 Å². The van der Waals surface area contributed by atoms with Crippen molar-refractivity contribution >= 4 is 52.4 Å². The van der Waals surface area contributed by atoms with Crippen molar-refractivity contribution in [3.8, 4) is 11.8 Å². The highest BCUT2D eigenvalue weighted by molar-refractivity contribution is 6.32. The lowest BCUT2D eigenvalue weighted by molar-refractivity contribution is 0.103. The van der Waals surface area contributed by atoms with Crippen molar-refractivity contribution in [2.24, 2.45) is 0 Å². The minimum Gasteiger partial charge on any atom is -0.471 e. The van der Waals surface area contributed by atoms with Gasteiger partial charge in [0, 0.05) is 83.1 Å². The van der Waals surface area contributed by atoms with Crippen molar-refractivity contribution in [2.75, 3.05) is 36.0 Å². The molecule has 2 aliphatic rings. The number of carbonyl (C=O) groups excluding carboxylic acids is 3. The fraction of sp³-hybridized carbons (Fsp3) is 0.196. The SMILES string of the molecule is O=C(c1ccc(F)cc1)c1ccc(N2CC[C@H](Oc3ncccc3Cl)C2)c(CO)c1.O=Cc1cc(C(=O)c2ccc(F)cc2)ccc1N1CC[C@H](Oc2ncccc2Cl)C1. The predicted molar refractivity (Wildman–Crippen MR) is 225 cm³/mol. The van der Waals surface area contributed by atoms with Gasteiger partial charge in [-0.1, -0.05) is 23.2 Å². The zero-order valence-electron chi connectivity index (χ0n) is 32.0. The average Bonchev–Trinajstić information content (AvgIpc) is 3.95. The minimum absolute atomic E-state index is 0.0792. The molecule has 6 aromatic rings. The first-order valence-corrected chi connectivity index (χ1v) is 19.8. The number of rotatable bonds is 12. The highest BCUT2D eigenvalue weighted by atomic mass is 35.5. The predicted octanol–water partition coefficient (Wildman–Crippen LogP) is 8.83. The smallest absolute Gasteiger partial charge is 0.232 e. The molecule has 0 unspecified atom stereocenters. The molecule has 0 bridgehead atoms. The highest BCUT2D eigenvalue weighted by Crippen LogP contribution is 2.31. The second-order valence-electron chi connectivity index (χ2n) is 14.1. The molecule has 4 aromatic carbocycles. The molecular weight excluding hydrogens is 813 g/mol. The van der Waals surface area contributed by atoms with Crippen LogP contribution in [0, 0.1) is 11.6 Å². The zero-order valence-corrected chi connectivity index (χ0v) is 33.5. The highest BCUT2D eigenvalue weighted by Gasteiger charge is 2.28. The maximum Gasteiger partial charge on any atom is 0.232 e. The van der Waals surface area contributed by atoms with Crippen LogP contribution in [0.5, 0.6) is 11.8 Å². The number of benzene rings is 4. The number of hydrogen-bond donors (Lipinski definition) is 1. The Morgan fingerprint density at radius 3 is 1.58 bits per heavy atom. The van der Waals surface area contributed by atoms with Crippen molar-refractivity contribution < 1.29 is 37.7 Å². The average molecular weight is 852 g/mol. The first-order valence-electron chi connectivity index (χ1n) is 19.1. The molecular formula is C46H38Cl2F2N4O6. The van der Waals surface area contributed by atoms with Gasteiger partial charge in [-0.2, -0.15) is 0 Å². The molecule has 0 saturated carbocycles. The first-order chi connectivity index (χ1) is 29.1. The van der Waals surface area contributed by atoms with Gasteiger partial charge in [-0.05, 0) is 109 Å². The summed E-state index contributed by atoms with van der Waals surface area (Å²) in [5.74, 6) is -0.486. The molecule has 14 heteroatoms. The molecule has 2 atom stereocenters. The van der Waals surface area contributed by atoms with Gasteiger partial charge in [-0.15, -0.1) is 0 Å². The number of hydrogen-bond acceptors (Lipinski definition) is 10. The molecule has 1 N–H and O–H groups in total.